The molecule has 4 aromatic carbocycles. The van der Waals surface area contributed by atoms with Crippen LogP contribution in [0.5, 0.6) is 40.2 Å². The summed E-state index contributed by atoms with van der Waals surface area (Å²) < 4.78 is 33.7. The highest BCUT2D eigenvalue weighted by molar-refractivity contribution is 5.54. The summed E-state index contributed by atoms with van der Waals surface area (Å²) in [6.07, 6.45) is 3.39. The maximum absolute atomic E-state index is 6.29. The van der Waals surface area contributed by atoms with E-state index in [1.54, 1.807) is 35.5 Å². The Balaban J connectivity index is 1.46. The first kappa shape index (κ1) is 27.7. The standard InChI is InChI=1S/C33H36O6/c1-34-27-10-6-8-23(16-27)12-13-24-9-7-11-28(17-24)39-30-19-25(18-29(22-30)35-2)14-15-26-20-31(36-3)33(38-5)32(21-26)37-4/h6-11,16-22H,12-15H2,1-5H3. The summed E-state index contributed by atoms with van der Waals surface area (Å²) in [7, 11) is 8.22. The molecule has 0 radical (unpaired) electrons. The second-order valence-electron chi connectivity index (χ2n) is 9.15. The van der Waals surface area contributed by atoms with Crippen molar-refractivity contribution in [2.24, 2.45) is 0 Å². The van der Waals surface area contributed by atoms with E-state index in [0.717, 1.165) is 59.8 Å². The molecule has 0 spiro atoms. The molecule has 0 bridgehead atoms. The number of hydrogen-bond donors (Lipinski definition) is 0. The molecule has 0 saturated carbocycles. The number of hydrogen-bond acceptors (Lipinski definition) is 6. The van der Waals surface area contributed by atoms with Gasteiger partial charge in [0.05, 0.1) is 35.5 Å². The first-order valence-corrected chi connectivity index (χ1v) is 12.9. The third-order valence-electron chi connectivity index (χ3n) is 6.57. The van der Waals surface area contributed by atoms with Gasteiger partial charge in [0, 0.05) is 6.07 Å². The molecule has 0 aliphatic rings. The fourth-order valence-electron chi connectivity index (χ4n) is 4.54. The van der Waals surface area contributed by atoms with Crippen molar-refractivity contribution in [1.82, 2.24) is 0 Å². The summed E-state index contributed by atoms with van der Waals surface area (Å²) in [5.41, 5.74) is 4.64. The molecule has 0 aromatic heterocycles. The van der Waals surface area contributed by atoms with Crippen LogP contribution in [0.2, 0.25) is 0 Å². The Bertz CT molecular complexity index is 1360. The Labute approximate surface area is 231 Å². The largest absolute Gasteiger partial charge is 0.497 e. The van der Waals surface area contributed by atoms with Crippen LogP contribution in [0.4, 0.5) is 0 Å². The highest BCUT2D eigenvalue weighted by atomic mass is 16.5. The molecule has 0 amide bonds. The normalized spacial score (nSPS) is 10.6. The average Bonchev–Trinajstić information content (AvgIpc) is 2.98. The van der Waals surface area contributed by atoms with Gasteiger partial charge in [-0.25, -0.2) is 0 Å². The van der Waals surface area contributed by atoms with E-state index >= 15 is 0 Å². The third-order valence-corrected chi connectivity index (χ3v) is 6.57. The summed E-state index contributed by atoms with van der Waals surface area (Å²) >= 11 is 0. The zero-order valence-electron chi connectivity index (χ0n) is 23.3. The molecule has 0 heterocycles. The second kappa shape index (κ2) is 13.5. The van der Waals surface area contributed by atoms with Gasteiger partial charge in [0.25, 0.3) is 0 Å². The monoisotopic (exact) mass is 528 g/mol. The van der Waals surface area contributed by atoms with Crippen molar-refractivity contribution in [3.05, 3.63) is 101 Å². The molecule has 0 aliphatic carbocycles. The van der Waals surface area contributed by atoms with Crippen LogP contribution in [-0.4, -0.2) is 35.5 Å². The van der Waals surface area contributed by atoms with E-state index in [0.29, 0.717) is 17.2 Å². The van der Waals surface area contributed by atoms with Gasteiger partial charge in [-0.05, 0) is 96.5 Å². The first-order valence-electron chi connectivity index (χ1n) is 12.9. The third kappa shape index (κ3) is 7.38. The summed E-state index contributed by atoms with van der Waals surface area (Å²) in [6.45, 7) is 0. The number of ether oxygens (including phenoxy) is 6. The number of methoxy groups -OCH3 is 5. The Morgan fingerprint density at radius 3 is 1.46 bits per heavy atom. The predicted molar refractivity (Wildman–Crippen MR) is 153 cm³/mol. The van der Waals surface area contributed by atoms with E-state index in [1.807, 2.05) is 48.5 Å². The summed E-state index contributed by atoms with van der Waals surface area (Å²) in [6, 6.07) is 26.4. The molecular formula is C33H36O6. The van der Waals surface area contributed by atoms with Gasteiger partial charge in [0.15, 0.2) is 11.5 Å². The van der Waals surface area contributed by atoms with Gasteiger partial charge >= 0.3 is 0 Å². The van der Waals surface area contributed by atoms with Crippen molar-refractivity contribution < 1.29 is 28.4 Å². The van der Waals surface area contributed by atoms with E-state index in [2.05, 4.69) is 30.3 Å². The Morgan fingerprint density at radius 2 is 0.897 bits per heavy atom. The quantitative estimate of drug-likeness (QED) is 0.185. The van der Waals surface area contributed by atoms with Gasteiger partial charge in [-0.15, -0.1) is 0 Å². The molecule has 0 atom stereocenters. The van der Waals surface area contributed by atoms with E-state index in [1.165, 1.54) is 11.1 Å². The van der Waals surface area contributed by atoms with Crippen molar-refractivity contribution in [2.75, 3.05) is 35.5 Å². The maximum atomic E-state index is 6.29. The molecule has 4 aromatic rings. The molecule has 204 valence electrons. The van der Waals surface area contributed by atoms with Crippen LogP contribution in [-0.2, 0) is 25.7 Å². The van der Waals surface area contributed by atoms with Crippen LogP contribution >= 0.6 is 0 Å². The van der Waals surface area contributed by atoms with Crippen LogP contribution in [0.15, 0.2) is 78.9 Å². The lowest BCUT2D eigenvalue weighted by atomic mass is 10.0. The van der Waals surface area contributed by atoms with Crippen LogP contribution < -0.4 is 28.4 Å². The highest BCUT2D eigenvalue weighted by Crippen LogP contribution is 2.38. The van der Waals surface area contributed by atoms with Gasteiger partial charge in [0.1, 0.15) is 23.0 Å². The van der Waals surface area contributed by atoms with Crippen LogP contribution in [0.25, 0.3) is 0 Å². The van der Waals surface area contributed by atoms with Crippen molar-refractivity contribution in [3.63, 3.8) is 0 Å². The fraction of sp³-hybridized carbons (Fsp3) is 0.273. The van der Waals surface area contributed by atoms with Gasteiger partial charge < -0.3 is 28.4 Å². The van der Waals surface area contributed by atoms with E-state index in [-0.39, 0.29) is 0 Å². The zero-order valence-corrected chi connectivity index (χ0v) is 23.3. The maximum Gasteiger partial charge on any atom is 0.203 e. The molecule has 0 saturated heterocycles. The molecule has 6 heteroatoms. The summed E-state index contributed by atoms with van der Waals surface area (Å²) in [5, 5.41) is 0. The van der Waals surface area contributed by atoms with E-state index in [9.17, 15) is 0 Å². The van der Waals surface area contributed by atoms with Crippen molar-refractivity contribution >= 4 is 0 Å². The van der Waals surface area contributed by atoms with Gasteiger partial charge in [-0.3, -0.25) is 0 Å². The molecule has 0 N–H and O–H groups in total. The minimum absolute atomic E-state index is 0.589. The van der Waals surface area contributed by atoms with Gasteiger partial charge in [-0.2, -0.15) is 0 Å². The van der Waals surface area contributed by atoms with Crippen LogP contribution in [0.1, 0.15) is 22.3 Å². The molecule has 4 rings (SSSR count). The van der Waals surface area contributed by atoms with Crippen molar-refractivity contribution in [1.29, 1.82) is 0 Å². The number of benzene rings is 4. The second-order valence-corrected chi connectivity index (χ2v) is 9.15. The summed E-state index contributed by atoms with van der Waals surface area (Å²) in [5.74, 6) is 5.04. The first-order chi connectivity index (χ1) is 19.0. The fourth-order valence-corrected chi connectivity index (χ4v) is 4.54. The van der Waals surface area contributed by atoms with Gasteiger partial charge in [0.2, 0.25) is 5.75 Å². The van der Waals surface area contributed by atoms with Crippen molar-refractivity contribution in [3.8, 4) is 40.2 Å². The molecule has 0 unspecified atom stereocenters. The minimum Gasteiger partial charge on any atom is -0.497 e. The summed E-state index contributed by atoms with van der Waals surface area (Å²) in [4.78, 5) is 0. The molecule has 6 nitrogen and oxygen atoms in total. The zero-order chi connectivity index (χ0) is 27.6. The molecule has 0 fully saturated rings. The average molecular weight is 529 g/mol. The molecule has 39 heavy (non-hydrogen) atoms. The Kier molecular flexibility index (Phi) is 9.57. The number of aryl methyl sites for hydroxylation is 4. The van der Waals surface area contributed by atoms with Crippen LogP contribution in [0, 0.1) is 0 Å². The molecule has 0 aliphatic heterocycles. The highest BCUT2D eigenvalue weighted by Gasteiger charge is 2.14. The Hall–Kier alpha value is -4.32. The van der Waals surface area contributed by atoms with Gasteiger partial charge in [-0.1, -0.05) is 24.3 Å². The van der Waals surface area contributed by atoms with E-state index in [4.69, 9.17) is 28.4 Å². The van der Waals surface area contributed by atoms with E-state index < -0.39 is 0 Å². The lowest BCUT2D eigenvalue weighted by molar-refractivity contribution is 0.324. The molecular weight excluding hydrogens is 492 g/mol. The lowest BCUT2D eigenvalue weighted by Crippen LogP contribution is -1.99. The lowest BCUT2D eigenvalue weighted by Gasteiger charge is -2.15. The van der Waals surface area contributed by atoms with Crippen LogP contribution in [0.3, 0.4) is 0 Å². The minimum atomic E-state index is 0.589. The smallest absolute Gasteiger partial charge is 0.203 e. The SMILES string of the molecule is COc1cccc(CCc2cccc(Oc3cc(CCc4cc(OC)c(OC)c(OC)c4)cc(OC)c3)c2)c1. The Morgan fingerprint density at radius 1 is 0.410 bits per heavy atom. The number of rotatable bonds is 13. The topological polar surface area (TPSA) is 55.4 Å². The van der Waals surface area contributed by atoms with Crippen molar-refractivity contribution in [2.45, 2.75) is 25.7 Å². The predicted octanol–water partition coefficient (Wildman–Crippen LogP) is 7.09.